The number of likely N-dealkylation sites (tertiary alicyclic amines) is 1. The van der Waals surface area contributed by atoms with Gasteiger partial charge in [0.25, 0.3) is 11.7 Å². The van der Waals surface area contributed by atoms with Gasteiger partial charge in [-0.15, -0.1) is 0 Å². The summed E-state index contributed by atoms with van der Waals surface area (Å²) in [6.45, 7) is 5.40. The van der Waals surface area contributed by atoms with Crippen molar-refractivity contribution in [3.63, 3.8) is 0 Å². The fourth-order valence-electron chi connectivity index (χ4n) is 5.85. The average molecular weight is 529 g/mol. The maximum atomic E-state index is 13.2. The molecule has 1 amide bonds. The zero-order valence-corrected chi connectivity index (χ0v) is 22.4. The summed E-state index contributed by atoms with van der Waals surface area (Å²) in [5, 5.41) is 31.6. The highest BCUT2D eigenvalue weighted by Crippen LogP contribution is 2.35. The van der Waals surface area contributed by atoms with Crippen molar-refractivity contribution < 1.29 is 43.9 Å². The number of aliphatic hydroxyl groups excluding tert-OH is 2. The van der Waals surface area contributed by atoms with E-state index in [1.54, 1.807) is 13.8 Å². The summed E-state index contributed by atoms with van der Waals surface area (Å²) in [6.07, 6.45) is 0.690. The number of ether oxygens (including phenoxy) is 3. The number of amides is 1. The molecular formula is C26H44N2O9. The predicted molar refractivity (Wildman–Crippen MR) is 132 cm³/mol. The van der Waals surface area contributed by atoms with Gasteiger partial charge in [0.1, 0.15) is 12.1 Å². The number of esters is 1. The van der Waals surface area contributed by atoms with Gasteiger partial charge in [0.2, 0.25) is 5.79 Å². The fraction of sp³-hybridized carbons (Fsp3) is 0.885. The van der Waals surface area contributed by atoms with E-state index in [9.17, 15) is 29.7 Å². The van der Waals surface area contributed by atoms with Gasteiger partial charge in [0.15, 0.2) is 6.23 Å². The van der Waals surface area contributed by atoms with Crippen molar-refractivity contribution in [2.45, 2.75) is 115 Å². The second-order valence-electron chi connectivity index (χ2n) is 11.2. The molecule has 0 radical (unpaired) electrons. The zero-order chi connectivity index (χ0) is 27.5. The van der Waals surface area contributed by atoms with Crippen LogP contribution in [0, 0.1) is 17.8 Å². The molecule has 2 aliphatic heterocycles. The van der Waals surface area contributed by atoms with Crippen molar-refractivity contribution in [3.05, 3.63) is 0 Å². The number of Topliss-reactive ketones (excluding diaryl/α,β-unsaturated/α-hetero) is 1. The van der Waals surface area contributed by atoms with Crippen LogP contribution < -0.4 is 5.73 Å². The van der Waals surface area contributed by atoms with Crippen LogP contribution >= 0.6 is 0 Å². The van der Waals surface area contributed by atoms with E-state index in [-0.39, 0.29) is 24.5 Å². The van der Waals surface area contributed by atoms with Crippen LogP contribution in [0.5, 0.6) is 0 Å². The summed E-state index contributed by atoms with van der Waals surface area (Å²) in [4.78, 5) is 40.6. The van der Waals surface area contributed by atoms with E-state index < -0.39 is 59.9 Å². The first-order valence-electron chi connectivity index (χ1n) is 13.5. The van der Waals surface area contributed by atoms with Gasteiger partial charge in [0.05, 0.1) is 18.3 Å². The summed E-state index contributed by atoms with van der Waals surface area (Å²) in [5.74, 6) is -6.00. The number of piperidine rings is 1. The molecule has 3 rings (SSSR count). The van der Waals surface area contributed by atoms with E-state index in [4.69, 9.17) is 19.9 Å². The van der Waals surface area contributed by atoms with Crippen LogP contribution in [0.1, 0.15) is 72.1 Å². The Morgan fingerprint density at radius 1 is 1.11 bits per heavy atom. The fourth-order valence-corrected chi connectivity index (χ4v) is 5.85. The Morgan fingerprint density at radius 3 is 2.49 bits per heavy atom. The molecule has 10 atom stereocenters. The van der Waals surface area contributed by atoms with E-state index in [1.165, 1.54) is 12.0 Å². The van der Waals surface area contributed by atoms with Crippen LogP contribution in [-0.4, -0.2) is 94.0 Å². The Kier molecular flexibility index (Phi) is 10.1. The minimum absolute atomic E-state index is 0.181. The number of hydrogen-bond acceptors (Lipinski definition) is 10. The molecule has 0 aromatic rings. The number of ketones is 1. The standard InChI is InChI=1S/C26H44N2O9/c1-14(13-17-10-11-19(29)21(35-4)20(17)30)23(27)36-25(33)18-7-5-6-12-28(18)24(32)22(31)26(34)15(2)8-9-16(3)37-26/h14-21,23,29-30,34H,5-13,27H2,1-4H3/t14?,15?,16?,17?,18?,19?,20?,21?,23?,26-/m0/s1. The molecule has 0 aromatic carbocycles. The molecule has 0 bridgehead atoms. The lowest BCUT2D eigenvalue weighted by Crippen LogP contribution is -2.60. The number of aliphatic hydroxyl groups is 3. The Hall–Kier alpha value is -1.63. The summed E-state index contributed by atoms with van der Waals surface area (Å²) in [5.41, 5.74) is 6.20. The second-order valence-corrected chi connectivity index (χ2v) is 11.2. The van der Waals surface area contributed by atoms with Crippen LogP contribution in [0.2, 0.25) is 0 Å². The molecule has 1 aliphatic carbocycles. The van der Waals surface area contributed by atoms with Crippen LogP contribution in [0.25, 0.3) is 0 Å². The minimum Gasteiger partial charge on any atom is -0.445 e. The lowest BCUT2D eigenvalue weighted by molar-refractivity contribution is -0.259. The molecule has 0 aromatic heterocycles. The highest BCUT2D eigenvalue weighted by atomic mass is 16.6. The number of nitrogens with zero attached hydrogens (tertiary/aromatic N) is 1. The van der Waals surface area contributed by atoms with Gasteiger partial charge in [-0.1, -0.05) is 13.8 Å². The van der Waals surface area contributed by atoms with Gasteiger partial charge < -0.3 is 34.4 Å². The highest BCUT2D eigenvalue weighted by Gasteiger charge is 2.52. The van der Waals surface area contributed by atoms with Crippen LogP contribution in [0.3, 0.4) is 0 Å². The van der Waals surface area contributed by atoms with Gasteiger partial charge in [0, 0.05) is 25.5 Å². The number of rotatable bonds is 8. The molecule has 11 nitrogen and oxygen atoms in total. The molecule has 0 spiro atoms. The summed E-state index contributed by atoms with van der Waals surface area (Å²) in [7, 11) is 1.44. The molecule has 9 unspecified atom stereocenters. The minimum atomic E-state index is -2.22. The van der Waals surface area contributed by atoms with Gasteiger partial charge in [-0.25, -0.2) is 4.79 Å². The lowest BCUT2D eigenvalue weighted by atomic mass is 9.78. The monoisotopic (exact) mass is 528 g/mol. The zero-order valence-electron chi connectivity index (χ0n) is 22.4. The Balaban J connectivity index is 1.63. The molecule has 37 heavy (non-hydrogen) atoms. The first kappa shape index (κ1) is 29.9. The quantitative estimate of drug-likeness (QED) is 0.197. The number of hydrogen-bond donors (Lipinski definition) is 4. The summed E-state index contributed by atoms with van der Waals surface area (Å²) >= 11 is 0. The van der Waals surface area contributed by atoms with Gasteiger partial charge in [-0.3, -0.25) is 15.3 Å². The third kappa shape index (κ3) is 6.51. The Morgan fingerprint density at radius 2 is 1.81 bits per heavy atom. The van der Waals surface area contributed by atoms with Gasteiger partial charge >= 0.3 is 5.97 Å². The van der Waals surface area contributed by atoms with E-state index in [2.05, 4.69) is 0 Å². The van der Waals surface area contributed by atoms with Crippen molar-refractivity contribution in [3.8, 4) is 0 Å². The SMILES string of the molecule is COC1C(O)CCC(CC(C)C(N)OC(=O)C2CCCCN2C(=O)C(=O)[C@@]2(O)OC(C)CCC2C)C1O. The van der Waals surface area contributed by atoms with Crippen LogP contribution in [0.15, 0.2) is 0 Å². The number of methoxy groups -OCH3 is 1. The molecule has 3 fully saturated rings. The smallest absolute Gasteiger partial charge is 0.330 e. The van der Waals surface area contributed by atoms with E-state index in [1.807, 2.05) is 6.92 Å². The van der Waals surface area contributed by atoms with E-state index in [0.717, 1.165) is 0 Å². The van der Waals surface area contributed by atoms with Gasteiger partial charge in [-0.05, 0) is 64.2 Å². The molecule has 11 heteroatoms. The number of carbonyl (C=O) groups is 3. The third-order valence-corrected chi connectivity index (χ3v) is 8.40. The molecule has 2 heterocycles. The summed E-state index contributed by atoms with van der Waals surface area (Å²) < 4.78 is 16.3. The Labute approximate surface area is 218 Å². The molecule has 212 valence electrons. The molecule has 1 saturated carbocycles. The molecule has 3 aliphatic rings. The third-order valence-electron chi connectivity index (χ3n) is 8.40. The van der Waals surface area contributed by atoms with E-state index in [0.29, 0.717) is 51.4 Å². The lowest BCUT2D eigenvalue weighted by Gasteiger charge is -2.41. The number of nitrogens with two attached hydrogens (primary N) is 1. The van der Waals surface area contributed by atoms with Crippen molar-refractivity contribution >= 4 is 17.7 Å². The Bertz CT molecular complexity index is 826. The molecular weight excluding hydrogens is 484 g/mol. The van der Waals surface area contributed by atoms with Gasteiger partial charge in [-0.2, -0.15) is 0 Å². The first-order valence-corrected chi connectivity index (χ1v) is 13.5. The van der Waals surface area contributed by atoms with Crippen LogP contribution in [-0.2, 0) is 28.6 Å². The molecule has 5 N–H and O–H groups in total. The maximum Gasteiger partial charge on any atom is 0.330 e. The largest absolute Gasteiger partial charge is 0.445 e. The maximum absolute atomic E-state index is 13.2. The van der Waals surface area contributed by atoms with Crippen LogP contribution in [0.4, 0.5) is 0 Å². The van der Waals surface area contributed by atoms with Crippen molar-refractivity contribution in [2.24, 2.45) is 23.5 Å². The average Bonchev–Trinajstić information content (AvgIpc) is 2.87. The van der Waals surface area contributed by atoms with Crippen molar-refractivity contribution in [1.82, 2.24) is 4.90 Å². The number of carbonyl (C=O) groups excluding carboxylic acids is 3. The first-order chi connectivity index (χ1) is 17.4. The predicted octanol–water partition coefficient (Wildman–Crippen LogP) is 0.461. The van der Waals surface area contributed by atoms with Crippen molar-refractivity contribution in [1.29, 1.82) is 0 Å². The highest BCUT2D eigenvalue weighted by molar-refractivity contribution is 6.39. The normalized spacial score (nSPS) is 38.5. The second kappa shape index (κ2) is 12.5. The van der Waals surface area contributed by atoms with Crippen molar-refractivity contribution in [2.75, 3.05) is 13.7 Å². The molecule has 2 saturated heterocycles. The summed E-state index contributed by atoms with van der Waals surface area (Å²) in [6, 6.07) is -0.989. The van der Waals surface area contributed by atoms with E-state index >= 15 is 0 Å². The topological polar surface area (TPSA) is 169 Å².